The van der Waals surface area contributed by atoms with Crippen LogP contribution < -0.4 is 5.32 Å². The van der Waals surface area contributed by atoms with E-state index in [1.807, 2.05) is 6.92 Å². The van der Waals surface area contributed by atoms with Gasteiger partial charge in [0.1, 0.15) is 5.54 Å². The normalized spacial score (nSPS) is 23.6. The molecule has 1 fully saturated rings. The molecule has 9 nitrogen and oxygen atoms in total. The summed E-state index contributed by atoms with van der Waals surface area (Å²) in [4.78, 5) is 28.5. The lowest BCUT2D eigenvalue weighted by atomic mass is 9.54. The second-order valence-electron chi connectivity index (χ2n) is 7.12. The van der Waals surface area contributed by atoms with Gasteiger partial charge in [-0.05, 0) is 19.1 Å². The van der Waals surface area contributed by atoms with Crippen molar-refractivity contribution in [1.29, 1.82) is 0 Å². The fraction of sp³-hybridized carbons (Fsp3) is 0.556. The molecule has 1 aliphatic carbocycles. The van der Waals surface area contributed by atoms with Crippen LogP contribution in [-0.2, 0) is 20.7 Å². The number of carbonyl (C=O) groups excluding carboxylic acids is 1. The summed E-state index contributed by atoms with van der Waals surface area (Å²) in [6, 6.07) is 3.41. The van der Waals surface area contributed by atoms with Crippen molar-refractivity contribution in [1.82, 2.24) is 15.5 Å². The Hall–Kier alpha value is -2.68. The number of carboxylic acid groups (broad SMARTS) is 1. The summed E-state index contributed by atoms with van der Waals surface area (Å²) in [6.45, 7) is 5.93. The van der Waals surface area contributed by atoms with Crippen molar-refractivity contribution >= 4 is 11.9 Å². The second kappa shape index (κ2) is 7.15. The first-order chi connectivity index (χ1) is 12.8. The van der Waals surface area contributed by atoms with Crippen molar-refractivity contribution in [3.8, 4) is 11.6 Å². The number of aryl methyl sites for hydroxylation is 1. The molecule has 0 aromatic carbocycles. The first-order valence-electron chi connectivity index (χ1n) is 8.82. The summed E-state index contributed by atoms with van der Waals surface area (Å²) in [7, 11) is 0. The van der Waals surface area contributed by atoms with E-state index in [2.05, 4.69) is 15.5 Å². The van der Waals surface area contributed by atoms with Crippen LogP contribution >= 0.6 is 0 Å². The van der Waals surface area contributed by atoms with E-state index >= 15 is 0 Å². The third kappa shape index (κ3) is 3.34. The maximum absolute atomic E-state index is 12.4. The van der Waals surface area contributed by atoms with Crippen molar-refractivity contribution in [2.24, 2.45) is 5.41 Å². The maximum atomic E-state index is 12.4. The molecule has 9 heteroatoms. The largest absolute Gasteiger partial charge is 0.479 e. The molecule has 0 aliphatic heterocycles. The summed E-state index contributed by atoms with van der Waals surface area (Å²) in [6.07, 6.45) is 1.75. The van der Waals surface area contributed by atoms with Crippen LogP contribution in [0.25, 0.3) is 11.6 Å². The zero-order chi connectivity index (χ0) is 19.7. The maximum Gasteiger partial charge on any atom is 0.330 e. The van der Waals surface area contributed by atoms with Crippen LogP contribution in [0.1, 0.15) is 39.5 Å². The highest BCUT2D eigenvalue weighted by molar-refractivity contribution is 5.89. The van der Waals surface area contributed by atoms with Crippen LogP contribution in [0.3, 0.4) is 0 Å². The van der Waals surface area contributed by atoms with Gasteiger partial charge < -0.3 is 24.1 Å². The van der Waals surface area contributed by atoms with Crippen molar-refractivity contribution in [3.63, 3.8) is 0 Å². The highest BCUT2D eigenvalue weighted by Gasteiger charge is 2.66. The monoisotopic (exact) mass is 377 g/mol. The molecule has 146 valence electrons. The molecule has 2 aromatic rings. The number of aliphatic carboxylic acids is 1. The second-order valence-corrected chi connectivity index (χ2v) is 7.12. The number of nitrogens with zero attached hydrogens (tertiary/aromatic N) is 2. The first kappa shape index (κ1) is 19.1. The molecule has 2 atom stereocenters. The number of nitrogens with one attached hydrogen (secondary N) is 1. The Labute approximate surface area is 156 Å². The van der Waals surface area contributed by atoms with Crippen molar-refractivity contribution < 1.29 is 28.4 Å². The standard InChI is InChI=1S/C18H23N3O6/c1-4-25-12-10-18(16(23)24,17(12,2)3)20-13(22)7-8-14-19-15(21-27-14)11-6-5-9-26-11/h5-6,9,12H,4,7-8,10H2,1-3H3,(H,20,22)(H,23,24). The zero-order valence-electron chi connectivity index (χ0n) is 15.5. The fourth-order valence-electron chi connectivity index (χ4n) is 3.42. The lowest BCUT2D eigenvalue weighted by Gasteiger charge is -2.58. The summed E-state index contributed by atoms with van der Waals surface area (Å²) in [5.74, 6) is -0.400. The molecule has 2 N–H and O–H groups in total. The predicted octanol–water partition coefficient (Wildman–Crippen LogP) is 2.04. The van der Waals surface area contributed by atoms with Gasteiger partial charge in [0.2, 0.25) is 17.6 Å². The average molecular weight is 377 g/mol. The van der Waals surface area contributed by atoms with E-state index in [0.29, 0.717) is 18.2 Å². The molecule has 1 saturated carbocycles. The predicted molar refractivity (Wildman–Crippen MR) is 92.6 cm³/mol. The minimum absolute atomic E-state index is 0.0319. The average Bonchev–Trinajstić information content (AvgIpc) is 3.29. The van der Waals surface area contributed by atoms with Crippen LogP contribution in [0, 0.1) is 5.41 Å². The molecule has 0 radical (unpaired) electrons. The van der Waals surface area contributed by atoms with Crippen molar-refractivity contribution in [3.05, 3.63) is 24.3 Å². The van der Waals surface area contributed by atoms with Gasteiger partial charge in [-0.15, -0.1) is 0 Å². The van der Waals surface area contributed by atoms with E-state index < -0.39 is 22.8 Å². The van der Waals surface area contributed by atoms with Gasteiger partial charge in [0.05, 0.1) is 12.4 Å². The van der Waals surface area contributed by atoms with E-state index in [0.717, 1.165) is 0 Å². The SMILES string of the molecule is CCOC1CC(NC(=O)CCc2nc(-c3ccco3)no2)(C(=O)O)C1(C)C. The summed E-state index contributed by atoms with van der Waals surface area (Å²) in [5.41, 5.74) is -2.07. The van der Waals surface area contributed by atoms with E-state index in [4.69, 9.17) is 13.7 Å². The van der Waals surface area contributed by atoms with Crippen LogP contribution in [0.5, 0.6) is 0 Å². The number of amides is 1. The molecule has 1 aliphatic rings. The Morgan fingerprint density at radius 3 is 2.81 bits per heavy atom. The quantitative estimate of drug-likeness (QED) is 0.715. The zero-order valence-corrected chi connectivity index (χ0v) is 15.5. The number of ether oxygens (including phenoxy) is 1. The summed E-state index contributed by atoms with van der Waals surface area (Å²) in [5, 5.41) is 16.2. The summed E-state index contributed by atoms with van der Waals surface area (Å²) >= 11 is 0. The number of rotatable bonds is 8. The van der Waals surface area contributed by atoms with Gasteiger partial charge in [-0.3, -0.25) is 4.79 Å². The lowest BCUT2D eigenvalue weighted by Crippen LogP contribution is -2.76. The lowest BCUT2D eigenvalue weighted by molar-refractivity contribution is -0.194. The summed E-state index contributed by atoms with van der Waals surface area (Å²) < 4.78 is 15.9. The molecule has 2 aromatic heterocycles. The molecular weight excluding hydrogens is 354 g/mol. The van der Waals surface area contributed by atoms with Gasteiger partial charge in [-0.1, -0.05) is 19.0 Å². The van der Waals surface area contributed by atoms with Gasteiger partial charge in [0, 0.05) is 31.3 Å². The molecule has 1 amide bonds. The molecule has 0 saturated heterocycles. The van der Waals surface area contributed by atoms with Gasteiger partial charge in [-0.25, -0.2) is 4.79 Å². The van der Waals surface area contributed by atoms with E-state index in [-0.39, 0.29) is 31.3 Å². The van der Waals surface area contributed by atoms with E-state index in [9.17, 15) is 14.7 Å². The smallest absolute Gasteiger partial charge is 0.330 e. The molecule has 2 heterocycles. The fourth-order valence-corrected chi connectivity index (χ4v) is 3.42. The Balaban J connectivity index is 1.60. The number of furan rings is 1. The van der Waals surface area contributed by atoms with Gasteiger partial charge >= 0.3 is 5.97 Å². The van der Waals surface area contributed by atoms with Crippen LogP contribution in [-0.4, -0.2) is 45.4 Å². The van der Waals surface area contributed by atoms with Gasteiger partial charge in [-0.2, -0.15) is 4.98 Å². The van der Waals surface area contributed by atoms with Crippen molar-refractivity contribution in [2.75, 3.05) is 6.61 Å². The third-order valence-electron chi connectivity index (χ3n) is 5.26. The highest BCUT2D eigenvalue weighted by atomic mass is 16.5. The Kier molecular flexibility index (Phi) is 5.05. The van der Waals surface area contributed by atoms with Crippen molar-refractivity contribution in [2.45, 2.75) is 51.7 Å². The Morgan fingerprint density at radius 2 is 2.22 bits per heavy atom. The number of hydrogen-bond acceptors (Lipinski definition) is 7. The van der Waals surface area contributed by atoms with E-state index in [1.54, 1.807) is 26.0 Å². The first-order valence-corrected chi connectivity index (χ1v) is 8.82. The van der Waals surface area contributed by atoms with E-state index in [1.165, 1.54) is 6.26 Å². The Bertz CT molecular complexity index is 813. The third-order valence-corrected chi connectivity index (χ3v) is 5.26. The Morgan fingerprint density at radius 1 is 1.44 bits per heavy atom. The van der Waals surface area contributed by atoms with Crippen LogP contribution in [0.4, 0.5) is 0 Å². The van der Waals surface area contributed by atoms with Crippen LogP contribution in [0.15, 0.2) is 27.3 Å². The molecule has 27 heavy (non-hydrogen) atoms. The molecule has 0 spiro atoms. The van der Waals surface area contributed by atoms with Gasteiger partial charge in [0.15, 0.2) is 5.76 Å². The molecular formula is C18H23N3O6. The van der Waals surface area contributed by atoms with Crippen LogP contribution in [0.2, 0.25) is 0 Å². The minimum Gasteiger partial charge on any atom is -0.479 e. The number of carbonyl (C=O) groups is 2. The highest BCUT2D eigenvalue weighted by Crippen LogP contribution is 2.51. The molecule has 2 unspecified atom stereocenters. The van der Waals surface area contributed by atoms with Gasteiger partial charge in [0.25, 0.3) is 0 Å². The number of aromatic nitrogens is 2. The molecule has 3 rings (SSSR count). The minimum atomic E-state index is -1.35. The number of hydrogen-bond donors (Lipinski definition) is 2. The number of carboxylic acids is 1. The molecule has 0 bridgehead atoms. The topological polar surface area (TPSA) is 128 Å².